The summed E-state index contributed by atoms with van der Waals surface area (Å²) >= 11 is 3.18. The van der Waals surface area contributed by atoms with Crippen molar-refractivity contribution in [3.8, 4) is 0 Å². The summed E-state index contributed by atoms with van der Waals surface area (Å²) in [5.41, 5.74) is 1.08. The molecule has 58 valence electrons. The fraction of sp³-hybridized carbons (Fsp3) is 0.125. The zero-order valence-electron chi connectivity index (χ0n) is 5.90. The molecule has 0 saturated heterocycles. The van der Waals surface area contributed by atoms with E-state index in [1.54, 1.807) is 6.92 Å². The molecule has 0 heterocycles. The molecule has 0 aromatic heterocycles. The van der Waals surface area contributed by atoms with Gasteiger partial charge in [-0.25, -0.2) is 4.39 Å². The Balaban J connectivity index is 3.35. The minimum absolute atomic E-state index is 0.350. The molecule has 0 aliphatic carbocycles. The van der Waals surface area contributed by atoms with Crippen molar-refractivity contribution in [2.45, 2.75) is 6.92 Å². The highest BCUT2D eigenvalue weighted by atomic mass is 79.9. The lowest BCUT2D eigenvalue weighted by atomic mass is 10.1. The molecule has 1 nitrogen and oxygen atoms in total. The maximum atomic E-state index is 12.6. The van der Waals surface area contributed by atoms with Gasteiger partial charge in [-0.1, -0.05) is 0 Å². The molecule has 0 spiro atoms. The predicted molar refractivity (Wildman–Crippen MR) is 44.2 cm³/mol. The monoisotopic (exact) mass is 216 g/mol. The molecule has 0 saturated carbocycles. The van der Waals surface area contributed by atoms with Gasteiger partial charge in [0.05, 0.1) is 0 Å². The van der Waals surface area contributed by atoms with Gasteiger partial charge in [-0.3, -0.25) is 4.79 Å². The first kappa shape index (κ1) is 8.40. The molecule has 0 N–H and O–H groups in total. The predicted octanol–water partition coefficient (Wildman–Crippen LogP) is 2.71. The summed E-state index contributed by atoms with van der Waals surface area (Å²) in [5, 5.41) is 0. The number of carbonyl (C=O) groups excluding carboxylic acids is 1. The maximum absolute atomic E-state index is 12.6. The Labute approximate surface area is 72.4 Å². The highest BCUT2D eigenvalue weighted by Crippen LogP contribution is 2.20. The molecular formula is C8H6BrFO. The summed E-state index contributed by atoms with van der Waals surface area (Å²) in [7, 11) is 0. The number of halogens is 2. The lowest BCUT2D eigenvalue weighted by Gasteiger charge is -2.00. The zero-order valence-corrected chi connectivity index (χ0v) is 7.48. The Hall–Kier alpha value is -0.700. The van der Waals surface area contributed by atoms with E-state index in [0.29, 0.717) is 16.3 Å². The van der Waals surface area contributed by atoms with Crippen LogP contribution in [0.5, 0.6) is 0 Å². The van der Waals surface area contributed by atoms with E-state index in [2.05, 4.69) is 15.9 Å². The lowest BCUT2D eigenvalue weighted by Crippen LogP contribution is -1.88. The molecule has 1 aromatic rings. The highest BCUT2D eigenvalue weighted by Gasteiger charge is 2.03. The first-order valence-electron chi connectivity index (χ1n) is 3.06. The third-order valence-corrected chi connectivity index (χ3v) is 2.46. The largest absolute Gasteiger partial charge is 0.298 e. The summed E-state index contributed by atoms with van der Waals surface area (Å²) in [5.74, 6) is -0.382. The molecule has 0 radical (unpaired) electrons. The lowest BCUT2D eigenvalue weighted by molar-refractivity contribution is 0.112. The van der Waals surface area contributed by atoms with Crippen molar-refractivity contribution in [2.75, 3.05) is 0 Å². The quantitative estimate of drug-likeness (QED) is 0.661. The van der Waals surface area contributed by atoms with Gasteiger partial charge in [0, 0.05) is 10.0 Å². The standard InChI is InChI=1S/C8H6BrFO/c1-5-2-7(10)3-6(4-11)8(5)9/h2-4H,1H3. The number of carbonyl (C=O) groups is 1. The molecule has 0 bridgehead atoms. The second kappa shape index (κ2) is 3.13. The summed E-state index contributed by atoms with van der Waals surface area (Å²) in [6.45, 7) is 1.74. The molecule has 0 amide bonds. The van der Waals surface area contributed by atoms with Crippen molar-refractivity contribution in [3.63, 3.8) is 0 Å². The van der Waals surface area contributed by atoms with Gasteiger partial charge in [0.1, 0.15) is 5.82 Å². The highest BCUT2D eigenvalue weighted by molar-refractivity contribution is 9.10. The SMILES string of the molecule is Cc1cc(F)cc(C=O)c1Br. The van der Waals surface area contributed by atoms with Crippen LogP contribution in [-0.4, -0.2) is 6.29 Å². The Bertz CT molecular complexity index is 296. The smallest absolute Gasteiger partial charge is 0.151 e. The molecule has 0 atom stereocenters. The molecule has 0 unspecified atom stereocenters. The number of benzene rings is 1. The fourth-order valence-corrected chi connectivity index (χ4v) is 1.16. The van der Waals surface area contributed by atoms with Crippen LogP contribution >= 0.6 is 15.9 Å². The molecule has 1 aromatic carbocycles. The number of hydrogen-bond acceptors (Lipinski definition) is 1. The molecule has 0 aliphatic rings. The van der Waals surface area contributed by atoms with Gasteiger partial charge in [0.2, 0.25) is 0 Å². The van der Waals surface area contributed by atoms with Crippen LogP contribution in [0.3, 0.4) is 0 Å². The van der Waals surface area contributed by atoms with Crippen molar-refractivity contribution in [3.05, 3.63) is 33.5 Å². The first-order chi connectivity index (χ1) is 5.15. The molecular weight excluding hydrogens is 211 g/mol. The Kier molecular flexibility index (Phi) is 2.39. The number of rotatable bonds is 1. The van der Waals surface area contributed by atoms with E-state index in [9.17, 15) is 9.18 Å². The normalized spacial score (nSPS) is 9.73. The van der Waals surface area contributed by atoms with E-state index < -0.39 is 0 Å². The summed E-state index contributed by atoms with van der Waals surface area (Å²) < 4.78 is 13.3. The van der Waals surface area contributed by atoms with Crippen LogP contribution < -0.4 is 0 Å². The van der Waals surface area contributed by atoms with Crippen molar-refractivity contribution in [1.29, 1.82) is 0 Å². The molecule has 11 heavy (non-hydrogen) atoms. The van der Waals surface area contributed by atoms with Gasteiger partial charge in [-0.05, 0) is 40.5 Å². The van der Waals surface area contributed by atoms with E-state index in [1.807, 2.05) is 0 Å². The Morgan fingerprint density at radius 3 is 2.73 bits per heavy atom. The van der Waals surface area contributed by atoms with Gasteiger partial charge in [0.15, 0.2) is 6.29 Å². The molecule has 0 aliphatic heterocycles. The van der Waals surface area contributed by atoms with Crippen LogP contribution in [0.25, 0.3) is 0 Å². The van der Waals surface area contributed by atoms with Gasteiger partial charge in [-0.15, -0.1) is 0 Å². The topological polar surface area (TPSA) is 17.1 Å². The van der Waals surface area contributed by atoms with Crippen molar-refractivity contribution in [1.82, 2.24) is 0 Å². The average molecular weight is 217 g/mol. The molecule has 0 fully saturated rings. The zero-order chi connectivity index (χ0) is 8.43. The van der Waals surface area contributed by atoms with Crippen LogP contribution in [0.4, 0.5) is 4.39 Å². The van der Waals surface area contributed by atoms with Crippen LogP contribution in [0.2, 0.25) is 0 Å². The van der Waals surface area contributed by atoms with Gasteiger partial charge >= 0.3 is 0 Å². The summed E-state index contributed by atoms with van der Waals surface area (Å²) in [6, 6.07) is 2.57. The van der Waals surface area contributed by atoms with Crippen LogP contribution in [-0.2, 0) is 0 Å². The molecule has 1 rings (SSSR count). The van der Waals surface area contributed by atoms with Crippen molar-refractivity contribution >= 4 is 22.2 Å². The fourth-order valence-electron chi connectivity index (χ4n) is 0.837. The minimum atomic E-state index is -0.382. The summed E-state index contributed by atoms with van der Waals surface area (Å²) in [4.78, 5) is 10.3. The maximum Gasteiger partial charge on any atom is 0.151 e. The van der Waals surface area contributed by atoms with E-state index >= 15 is 0 Å². The van der Waals surface area contributed by atoms with E-state index in [1.165, 1.54) is 12.1 Å². The second-order valence-corrected chi connectivity index (χ2v) is 3.04. The van der Waals surface area contributed by atoms with E-state index in [-0.39, 0.29) is 5.82 Å². The van der Waals surface area contributed by atoms with Gasteiger partial charge in [0.25, 0.3) is 0 Å². The third-order valence-electron chi connectivity index (χ3n) is 1.37. The van der Waals surface area contributed by atoms with Crippen LogP contribution in [0, 0.1) is 12.7 Å². The number of aldehydes is 1. The van der Waals surface area contributed by atoms with Gasteiger partial charge < -0.3 is 0 Å². The number of hydrogen-bond donors (Lipinski definition) is 0. The second-order valence-electron chi connectivity index (χ2n) is 2.24. The Morgan fingerprint density at radius 1 is 1.55 bits per heavy atom. The van der Waals surface area contributed by atoms with Crippen LogP contribution in [0.15, 0.2) is 16.6 Å². The van der Waals surface area contributed by atoms with Crippen LogP contribution in [0.1, 0.15) is 15.9 Å². The van der Waals surface area contributed by atoms with Crippen molar-refractivity contribution < 1.29 is 9.18 Å². The Morgan fingerprint density at radius 2 is 2.18 bits per heavy atom. The number of aryl methyl sites for hydroxylation is 1. The first-order valence-corrected chi connectivity index (χ1v) is 3.85. The van der Waals surface area contributed by atoms with E-state index in [0.717, 1.165) is 5.56 Å². The van der Waals surface area contributed by atoms with E-state index in [4.69, 9.17) is 0 Å². The van der Waals surface area contributed by atoms with Crippen molar-refractivity contribution in [2.24, 2.45) is 0 Å². The molecule has 3 heteroatoms. The third kappa shape index (κ3) is 1.66. The minimum Gasteiger partial charge on any atom is -0.298 e. The summed E-state index contributed by atoms with van der Waals surface area (Å²) in [6.07, 6.45) is 0.625. The average Bonchev–Trinajstić information content (AvgIpc) is 1.96. The van der Waals surface area contributed by atoms with Gasteiger partial charge in [-0.2, -0.15) is 0 Å².